The fourth-order valence-corrected chi connectivity index (χ4v) is 6.21. The van der Waals surface area contributed by atoms with E-state index in [0.717, 1.165) is 83.7 Å². The Balaban J connectivity index is 1.30. The number of methoxy groups -OCH3 is 1. The number of amides is 1. The van der Waals surface area contributed by atoms with Gasteiger partial charge in [-0.15, -0.1) is 11.3 Å². The van der Waals surface area contributed by atoms with Gasteiger partial charge in [-0.2, -0.15) is 0 Å². The Hall–Kier alpha value is -2.91. The second kappa shape index (κ2) is 10.4. The van der Waals surface area contributed by atoms with Gasteiger partial charge in [0.05, 0.1) is 17.4 Å². The molecule has 2 fully saturated rings. The molecule has 2 aliphatic heterocycles. The molecule has 0 unspecified atom stereocenters. The summed E-state index contributed by atoms with van der Waals surface area (Å²) >= 11 is 1.51. The lowest BCUT2D eigenvalue weighted by Crippen LogP contribution is -2.48. The van der Waals surface area contributed by atoms with E-state index < -0.39 is 0 Å². The summed E-state index contributed by atoms with van der Waals surface area (Å²) in [4.78, 5) is 33.6. The van der Waals surface area contributed by atoms with Crippen molar-refractivity contribution in [2.45, 2.75) is 20.3 Å². The molecule has 2 saturated heterocycles. The van der Waals surface area contributed by atoms with E-state index in [0.29, 0.717) is 13.1 Å². The second-order valence-electron chi connectivity index (χ2n) is 9.24. The molecule has 0 N–H and O–H groups in total. The van der Waals surface area contributed by atoms with Gasteiger partial charge in [-0.05, 0) is 49.7 Å². The van der Waals surface area contributed by atoms with Gasteiger partial charge in [0.2, 0.25) is 0 Å². The highest BCUT2D eigenvalue weighted by Crippen LogP contribution is 2.36. The minimum absolute atomic E-state index is 0.110. The Morgan fingerprint density at radius 2 is 1.66 bits per heavy atom. The zero-order chi connectivity index (χ0) is 24.4. The van der Waals surface area contributed by atoms with E-state index in [2.05, 4.69) is 50.6 Å². The monoisotopic (exact) mass is 494 g/mol. The molecule has 0 aliphatic carbocycles. The van der Waals surface area contributed by atoms with Crippen LogP contribution in [0.4, 0.5) is 11.5 Å². The van der Waals surface area contributed by atoms with Gasteiger partial charge < -0.3 is 19.4 Å². The SMILES string of the molecule is CCCN1CCN(c2ncnc3sc(C(=O)N4CCN(c5ccc(OC)cc5)CC4)c(C)c23)CC1. The summed E-state index contributed by atoms with van der Waals surface area (Å²) in [6, 6.07) is 8.12. The molecule has 0 bridgehead atoms. The third kappa shape index (κ3) is 4.79. The maximum atomic E-state index is 13.6. The number of anilines is 2. The van der Waals surface area contributed by atoms with Crippen molar-refractivity contribution >= 4 is 39.0 Å². The van der Waals surface area contributed by atoms with E-state index >= 15 is 0 Å². The number of aromatic nitrogens is 2. The quantitative estimate of drug-likeness (QED) is 0.520. The van der Waals surface area contributed by atoms with E-state index in [4.69, 9.17) is 4.74 Å². The van der Waals surface area contributed by atoms with E-state index in [-0.39, 0.29) is 5.91 Å². The van der Waals surface area contributed by atoms with Crippen molar-refractivity contribution in [2.24, 2.45) is 0 Å². The number of aryl methyl sites for hydroxylation is 1. The summed E-state index contributed by atoms with van der Waals surface area (Å²) in [5.41, 5.74) is 2.18. The average Bonchev–Trinajstić information content (AvgIpc) is 3.25. The van der Waals surface area contributed by atoms with Crippen LogP contribution in [-0.4, -0.2) is 91.7 Å². The second-order valence-corrected chi connectivity index (χ2v) is 10.2. The van der Waals surface area contributed by atoms with Crippen LogP contribution in [-0.2, 0) is 0 Å². The van der Waals surface area contributed by atoms with Crippen molar-refractivity contribution in [1.29, 1.82) is 0 Å². The minimum atomic E-state index is 0.110. The lowest BCUT2D eigenvalue weighted by molar-refractivity contribution is 0.0751. The number of carbonyl (C=O) groups is 1. The number of carbonyl (C=O) groups excluding carboxylic acids is 1. The molecule has 2 aromatic heterocycles. The van der Waals surface area contributed by atoms with Gasteiger partial charge in [-0.1, -0.05) is 6.92 Å². The fraction of sp³-hybridized carbons (Fsp3) is 0.500. The molecule has 2 aliphatic rings. The number of rotatable bonds is 6. The number of benzene rings is 1. The molecular weight excluding hydrogens is 460 g/mol. The smallest absolute Gasteiger partial charge is 0.264 e. The highest BCUT2D eigenvalue weighted by atomic mass is 32.1. The molecule has 9 heteroatoms. The number of thiophene rings is 1. The van der Waals surface area contributed by atoms with Gasteiger partial charge in [0.15, 0.2) is 0 Å². The number of fused-ring (bicyclic) bond motifs is 1. The van der Waals surface area contributed by atoms with Gasteiger partial charge in [0.25, 0.3) is 5.91 Å². The highest BCUT2D eigenvalue weighted by Gasteiger charge is 2.28. The van der Waals surface area contributed by atoms with Gasteiger partial charge in [0.1, 0.15) is 22.7 Å². The first-order chi connectivity index (χ1) is 17.1. The standard InChI is InChI=1S/C26H34N6O2S/c1-4-9-29-10-12-31(13-11-29)24-22-19(2)23(35-25(22)28-18-27-24)26(33)32-16-14-30(15-17-32)20-5-7-21(34-3)8-6-20/h5-8,18H,4,9-17H2,1-3H3. The minimum Gasteiger partial charge on any atom is -0.497 e. The van der Waals surface area contributed by atoms with Crippen molar-refractivity contribution in [1.82, 2.24) is 19.8 Å². The van der Waals surface area contributed by atoms with Gasteiger partial charge >= 0.3 is 0 Å². The number of ether oxygens (including phenoxy) is 1. The largest absolute Gasteiger partial charge is 0.497 e. The summed E-state index contributed by atoms with van der Waals surface area (Å²) in [5, 5.41) is 1.04. The van der Waals surface area contributed by atoms with Crippen LogP contribution < -0.4 is 14.5 Å². The first kappa shape index (κ1) is 23.8. The molecule has 1 amide bonds. The predicted octanol–water partition coefficient (Wildman–Crippen LogP) is 3.50. The maximum absolute atomic E-state index is 13.6. The molecule has 0 atom stereocenters. The molecule has 186 valence electrons. The number of hydrogen-bond acceptors (Lipinski definition) is 8. The first-order valence-corrected chi connectivity index (χ1v) is 13.3. The van der Waals surface area contributed by atoms with Crippen LogP contribution in [0.2, 0.25) is 0 Å². The molecule has 0 spiro atoms. The van der Waals surface area contributed by atoms with E-state index in [1.807, 2.05) is 17.0 Å². The molecular formula is C26H34N6O2S. The van der Waals surface area contributed by atoms with E-state index in [1.54, 1.807) is 13.4 Å². The Labute approximate surface area is 211 Å². The molecule has 1 aromatic carbocycles. The summed E-state index contributed by atoms with van der Waals surface area (Å²) in [7, 11) is 1.68. The molecule has 5 rings (SSSR count). The maximum Gasteiger partial charge on any atom is 0.264 e. The topological polar surface area (TPSA) is 65.0 Å². The zero-order valence-corrected chi connectivity index (χ0v) is 21.7. The van der Waals surface area contributed by atoms with Gasteiger partial charge in [-0.25, -0.2) is 9.97 Å². The highest BCUT2D eigenvalue weighted by molar-refractivity contribution is 7.20. The summed E-state index contributed by atoms with van der Waals surface area (Å²) in [6.07, 6.45) is 2.83. The van der Waals surface area contributed by atoms with Crippen molar-refractivity contribution in [3.05, 3.63) is 41.0 Å². The van der Waals surface area contributed by atoms with Crippen molar-refractivity contribution < 1.29 is 9.53 Å². The molecule has 8 nitrogen and oxygen atoms in total. The zero-order valence-electron chi connectivity index (χ0n) is 20.9. The summed E-state index contributed by atoms with van der Waals surface area (Å²) < 4.78 is 5.27. The van der Waals surface area contributed by atoms with Crippen molar-refractivity contribution in [3.63, 3.8) is 0 Å². The van der Waals surface area contributed by atoms with E-state index in [1.165, 1.54) is 17.8 Å². The summed E-state index contributed by atoms with van der Waals surface area (Å²) in [5.74, 6) is 1.94. The molecule has 3 aromatic rings. The first-order valence-electron chi connectivity index (χ1n) is 12.5. The third-order valence-corrected chi connectivity index (χ3v) is 8.30. The molecule has 4 heterocycles. The van der Waals surface area contributed by atoms with Crippen LogP contribution in [0.3, 0.4) is 0 Å². The molecule has 0 saturated carbocycles. The van der Waals surface area contributed by atoms with Gasteiger partial charge in [-0.3, -0.25) is 9.69 Å². The van der Waals surface area contributed by atoms with Crippen molar-refractivity contribution in [3.8, 4) is 5.75 Å². The average molecular weight is 495 g/mol. The van der Waals surface area contributed by atoms with Crippen LogP contribution in [0.15, 0.2) is 30.6 Å². The predicted molar refractivity (Wildman–Crippen MR) is 142 cm³/mol. The molecule has 35 heavy (non-hydrogen) atoms. The Kier molecular flexibility index (Phi) is 7.06. The number of nitrogens with zero attached hydrogens (tertiary/aromatic N) is 6. The van der Waals surface area contributed by atoms with E-state index in [9.17, 15) is 4.79 Å². The summed E-state index contributed by atoms with van der Waals surface area (Å²) in [6.45, 7) is 12.5. The van der Waals surface area contributed by atoms with Crippen molar-refractivity contribution in [2.75, 3.05) is 75.8 Å². The van der Waals surface area contributed by atoms with Crippen LogP contribution in [0.25, 0.3) is 10.2 Å². The third-order valence-electron chi connectivity index (χ3n) is 7.12. The molecule has 0 radical (unpaired) electrons. The Morgan fingerprint density at radius 3 is 2.31 bits per heavy atom. The Morgan fingerprint density at radius 1 is 0.971 bits per heavy atom. The van der Waals surface area contributed by atoms with Crippen LogP contribution in [0.1, 0.15) is 28.6 Å². The lowest BCUT2D eigenvalue weighted by atomic mass is 10.1. The lowest BCUT2D eigenvalue weighted by Gasteiger charge is -2.36. The Bertz CT molecular complexity index is 1160. The van der Waals surface area contributed by atoms with Crippen LogP contribution >= 0.6 is 11.3 Å². The van der Waals surface area contributed by atoms with Crippen LogP contribution in [0.5, 0.6) is 5.75 Å². The normalized spacial score (nSPS) is 17.3. The fourth-order valence-electron chi connectivity index (χ4n) is 5.10. The number of hydrogen-bond donors (Lipinski definition) is 0. The van der Waals surface area contributed by atoms with Gasteiger partial charge in [0, 0.05) is 58.0 Å². The number of piperazine rings is 2. The van der Waals surface area contributed by atoms with Crippen LogP contribution in [0, 0.1) is 6.92 Å².